The summed E-state index contributed by atoms with van der Waals surface area (Å²) in [7, 11) is 0. The van der Waals surface area contributed by atoms with E-state index >= 15 is 0 Å². The number of hydrogen-bond acceptors (Lipinski definition) is 2. The standard InChI is InChI=1S/C16H29NO/c1-3-10-16(2,13-18)12-17-11-6-8-14-7-4-5-9-15(14)17/h13-15H,3-12H2,1-2H3. The fourth-order valence-electron chi connectivity index (χ4n) is 4.13. The smallest absolute Gasteiger partial charge is 0.127 e. The molecule has 0 aromatic carbocycles. The van der Waals surface area contributed by atoms with Gasteiger partial charge in [-0.15, -0.1) is 0 Å². The molecule has 104 valence electrons. The highest BCUT2D eigenvalue weighted by molar-refractivity contribution is 5.59. The molecule has 2 rings (SSSR count). The summed E-state index contributed by atoms with van der Waals surface area (Å²) in [6, 6.07) is 0.781. The largest absolute Gasteiger partial charge is 0.303 e. The lowest BCUT2D eigenvalue weighted by Crippen LogP contribution is -2.50. The fraction of sp³-hybridized carbons (Fsp3) is 0.938. The molecule has 0 amide bonds. The van der Waals surface area contributed by atoms with Gasteiger partial charge in [-0.05, 0) is 44.6 Å². The quantitative estimate of drug-likeness (QED) is 0.695. The Morgan fingerprint density at radius 1 is 1.22 bits per heavy atom. The van der Waals surface area contributed by atoms with Crippen LogP contribution in [0.3, 0.4) is 0 Å². The van der Waals surface area contributed by atoms with E-state index in [1.807, 2.05) is 0 Å². The number of aldehydes is 1. The van der Waals surface area contributed by atoms with Gasteiger partial charge in [0.1, 0.15) is 6.29 Å². The molecule has 1 aliphatic carbocycles. The Balaban J connectivity index is 2.00. The minimum atomic E-state index is -0.117. The van der Waals surface area contributed by atoms with E-state index in [-0.39, 0.29) is 5.41 Å². The van der Waals surface area contributed by atoms with E-state index in [1.54, 1.807) is 0 Å². The number of carbonyl (C=O) groups is 1. The van der Waals surface area contributed by atoms with Crippen molar-refractivity contribution < 1.29 is 4.79 Å². The number of nitrogens with zero attached hydrogens (tertiary/aromatic N) is 1. The zero-order valence-corrected chi connectivity index (χ0v) is 12.2. The molecule has 2 aliphatic rings. The van der Waals surface area contributed by atoms with Gasteiger partial charge < -0.3 is 4.79 Å². The molecule has 0 aromatic heterocycles. The monoisotopic (exact) mass is 251 g/mol. The second kappa shape index (κ2) is 6.18. The van der Waals surface area contributed by atoms with E-state index in [1.165, 1.54) is 51.4 Å². The minimum absolute atomic E-state index is 0.117. The molecule has 2 fully saturated rings. The Kier molecular flexibility index (Phi) is 4.83. The van der Waals surface area contributed by atoms with Gasteiger partial charge in [0, 0.05) is 18.0 Å². The molecule has 1 saturated heterocycles. The van der Waals surface area contributed by atoms with Crippen LogP contribution < -0.4 is 0 Å². The van der Waals surface area contributed by atoms with Gasteiger partial charge in [-0.25, -0.2) is 0 Å². The molecule has 0 aromatic rings. The molecule has 3 unspecified atom stereocenters. The molecule has 0 radical (unpaired) electrons. The number of likely N-dealkylation sites (tertiary alicyclic amines) is 1. The lowest BCUT2D eigenvalue weighted by molar-refractivity contribution is -0.118. The highest BCUT2D eigenvalue weighted by Crippen LogP contribution is 2.37. The third kappa shape index (κ3) is 3.14. The van der Waals surface area contributed by atoms with Crippen LogP contribution in [0.2, 0.25) is 0 Å². The van der Waals surface area contributed by atoms with Crippen LogP contribution in [0, 0.1) is 11.3 Å². The first-order valence-electron chi connectivity index (χ1n) is 7.89. The second-order valence-corrected chi connectivity index (χ2v) is 6.75. The average Bonchev–Trinajstić information content (AvgIpc) is 2.39. The molecule has 2 heteroatoms. The SMILES string of the molecule is CCCC(C)(C=O)CN1CCCC2CCCCC21. The Bertz CT molecular complexity index is 276. The number of piperidine rings is 1. The van der Waals surface area contributed by atoms with Gasteiger partial charge in [0.25, 0.3) is 0 Å². The van der Waals surface area contributed by atoms with Crippen LogP contribution in [0.1, 0.15) is 65.2 Å². The van der Waals surface area contributed by atoms with Crippen molar-refractivity contribution in [2.75, 3.05) is 13.1 Å². The van der Waals surface area contributed by atoms with Crippen molar-refractivity contribution in [1.29, 1.82) is 0 Å². The number of fused-ring (bicyclic) bond motifs is 1. The lowest BCUT2D eigenvalue weighted by Gasteiger charge is -2.46. The first kappa shape index (κ1) is 14.0. The highest BCUT2D eigenvalue weighted by atomic mass is 16.1. The molecule has 2 nitrogen and oxygen atoms in total. The van der Waals surface area contributed by atoms with E-state index in [0.717, 1.165) is 31.3 Å². The van der Waals surface area contributed by atoms with Crippen LogP contribution in [-0.4, -0.2) is 30.3 Å². The molecule has 0 bridgehead atoms. The number of carbonyl (C=O) groups excluding carboxylic acids is 1. The summed E-state index contributed by atoms with van der Waals surface area (Å²) in [5, 5.41) is 0. The minimum Gasteiger partial charge on any atom is -0.303 e. The first-order chi connectivity index (χ1) is 8.68. The second-order valence-electron chi connectivity index (χ2n) is 6.75. The fourth-order valence-corrected chi connectivity index (χ4v) is 4.13. The summed E-state index contributed by atoms with van der Waals surface area (Å²) in [5.41, 5.74) is -0.117. The van der Waals surface area contributed by atoms with Crippen molar-refractivity contribution >= 4 is 6.29 Å². The summed E-state index contributed by atoms with van der Waals surface area (Å²) in [4.78, 5) is 14.1. The average molecular weight is 251 g/mol. The zero-order valence-electron chi connectivity index (χ0n) is 12.2. The Morgan fingerprint density at radius 3 is 2.67 bits per heavy atom. The molecule has 1 saturated carbocycles. The van der Waals surface area contributed by atoms with Crippen LogP contribution in [-0.2, 0) is 4.79 Å². The van der Waals surface area contributed by atoms with Gasteiger partial charge in [-0.1, -0.05) is 33.1 Å². The van der Waals surface area contributed by atoms with Crippen LogP contribution >= 0.6 is 0 Å². The maximum Gasteiger partial charge on any atom is 0.127 e. The van der Waals surface area contributed by atoms with Gasteiger partial charge in [-0.3, -0.25) is 4.90 Å². The Labute approximate surface area is 112 Å². The van der Waals surface area contributed by atoms with E-state index < -0.39 is 0 Å². The van der Waals surface area contributed by atoms with Crippen molar-refractivity contribution in [3.05, 3.63) is 0 Å². The number of hydrogen-bond donors (Lipinski definition) is 0. The molecule has 1 heterocycles. The molecule has 0 N–H and O–H groups in total. The highest BCUT2D eigenvalue weighted by Gasteiger charge is 2.36. The summed E-state index contributed by atoms with van der Waals surface area (Å²) in [6.45, 7) is 6.54. The topological polar surface area (TPSA) is 20.3 Å². The maximum absolute atomic E-state index is 11.4. The van der Waals surface area contributed by atoms with Crippen molar-refractivity contribution in [3.8, 4) is 0 Å². The van der Waals surface area contributed by atoms with Gasteiger partial charge >= 0.3 is 0 Å². The molecule has 1 aliphatic heterocycles. The van der Waals surface area contributed by atoms with Gasteiger partial charge in [-0.2, -0.15) is 0 Å². The predicted octanol–water partition coefficient (Wildman–Crippen LogP) is 3.65. The van der Waals surface area contributed by atoms with Crippen molar-refractivity contribution in [2.45, 2.75) is 71.3 Å². The Hall–Kier alpha value is -0.370. The molecule has 18 heavy (non-hydrogen) atoms. The van der Waals surface area contributed by atoms with Crippen LogP contribution in [0.25, 0.3) is 0 Å². The van der Waals surface area contributed by atoms with Gasteiger partial charge in [0.2, 0.25) is 0 Å². The third-order valence-corrected chi connectivity index (χ3v) is 5.03. The van der Waals surface area contributed by atoms with Crippen molar-refractivity contribution in [2.24, 2.45) is 11.3 Å². The van der Waals surface area contributed by atoms with Crippen molar-refractivity contribution in [3.63, 3.8) is 0 Å². The van der Waals surface area contributed by atoms with E-state index in [4.69, 9.17) is 0 Å². The summed E-state index contributed by atoms with van der Waals surface area (Å²) >= 11 is 0. The third-order valence-electron chi connectivity index (χ3n) is 5.03. The molecular weight excluding hydrogens is 222 g/mol. The van der Waals surface area contributed by atoms with Crippen LogP contribution in [0.4, 0.5) is 0 Å². The zero-order chi connectivity index (χ0) is 13.0. The van der Waals surface area contributed by atoms with Crippen molar-refractivity contribution in [1.82, 2.24) is 4.90 Å². The predicted molar refractivity (Wildman–Crippen MR) is 75.6 cm³/mol. The molecule has 0 spiro atoms. The summed E-state index contributed by atoms with van der Waals surface area (Å²) in [5.74, 6) is 0.921. The van der Waals surface area contributed by atoms with E-state index in [0.29, 0.717) is 0 Å². The molecule has 3 atom stereocenters. The van der Waals surface area contributed by atoms with Crippen LogP contribution in [0.15, 0.2) is 0 Å². The van der Waals surface area contributed by atoms with E-state index in [2.05, 4.69) is 18.7 Å². The van der Waals surface area contributed by atoms with E-state index in [9.17, 15) is 4.79 Å². The lowest BCUT2D eigenvalue weighted by atomic mass is 9.76. The van der Waals surface area contributed by atoms with Gasteiger partial charge in [0.05, 0.1) is 0 Å². The first-order valence-corrected chi connectivity index (χ1v) is 7.89. The van der Waals surface area contributed by atoms with Crippen LogP contribution in [0.5, 0.6) is 0 Å². The normalized spacial score (nSPS) is 32.6. The van der Waals surface area contributed by atoms with Gasteiger partial charge in [0.15, 0.2) is 0 Å². The Morgan fingerprint density at radius 2 is 1.94 bits per heavy atom. The summed E-state index contributed by atoms with van der Waals surface area (Å²) in [6.07, 6.45) is 11.7. The number of rotatable bonds is 5. The molecular formula is C16H29NO. The maximum atomic E-state index is 11.4. The summed E-state index contributed by atoms with van der Waals surface area (Å²) < 4.78 is 0.